The zero-order valence-corrected chi connectivity index (χ0v) is 18.4. The average molecular weight is 475 g/mol. The SMILES string of the molecule is Nc1cc(N2CCC(c3nc(-c4ccc(F)c(C(F)(F)F)c4)cn3C3CCNC3)CC2)ncn1. The predicted octanol–water partition coefficient (Wildman–Crippen LogP) is 4.00. The number of imidazole rings is 1. The van der Waals surface area contributed by atoms with Gasteiger partial charge in [0.15, 0.2) is 0 Å². The van der Waals surface area contributed by atoms with Crippen LogP contribution in [0.1, 0.15) is 42.6 Å². The Bertz CT molecular complexity index is 1160. The van der Waals surface area contributed by atoms with Gasteiger partial charge >= 0.3 is 6.18 Å². The Kier molecular flexibility index (Phi) is 5.88. The summed E-state index contributed by atoms with van der Waals surface area (Å²) < 4.78 is 55.7. The smallest absolute Gasteiger partial charge is 0.384 e. The van der Waals surface area contributed by atoms with Crippen LogP contribution in [0.2, 0.25) is 0 Å². The Morgan fingerprint density at radius 3 is 2.53 bits per heavy atom. The molecule has 1 aromatic carbocycles. The number of alkyl halides is 3. The molecule has 1 unspecified atom stereocenters. The second kappa shape index (κ2) is 8.86. The van der Waals surface area contributed by atoms with Crippen molar-refractivity contribution in [3.63, 3.8) is 0 Å². The van der Waals surface area contributed by atoms with Crippen molar-refractivity contribution in [1.82, 2.24) is 24.8 Å². The lowest BCUT2D eigenvalue weighted by Gasteiger charge is -2.33. The Morgan fingerprint density at radius 1 is 1.06 bits per heavy atom. The molecule has 2 aliphatic rings. The van der Waals surface area contributed by atoms with E-state index in [0.29, 0.717) is 11.5 Å². The topological polar surface area (TPSA) is 84.9 Å². The molecular formula is C23H25F4N7. The summed E-state index contributed by atoms with van der Waals surface area (Å²) in [6, 6.07) is 4.99. The number of nitrogens with zero attached hydrogens (tertiary/aromatic N) is 5. The monoisotopic (exact) mass is 475 g/mol. The molecule has 3 N–H and O–H groups in total. The highest BCUT2D eigenvalue weighted by molar-refractivity contribution is 5.60. The molecule has 5 rings (SSSR count). The summed E-state index contributed by atoms with van der Waals surface area (Å²) in [6.07, 6.45) is 1.05. The molecule has 0 aliphatic carbocycles. The van der Waals surface area contributed by atoms with Crippen molar-refractivity contribution in [1.29, 1.82) is 0 Å². The van der Waals surface area contributed by atoms with Crippen molar-refractivity contribution in [2.24, 2.45) is 0 Å². The summed E-state index contributed by atoms with van der Waals surface area (Å²) in [5.41, 5.74) is 5.20. The molecule has 11 heteroatoms. The van der Waals surface area contributed by atoms with E-state index in [-0.39, 0.29) is 17.5 Å². The Labute approximate surface area is 194 Å². The normalized spacial score (nSPS) is 19.6. The zero-order chi connectivity index (χ0) is 23.9. The first-order valence-corrected chi connectivity index (χ1v) is 11.3. The number of hydrogen-bond acceptors (Lipinski definition) is 6. The fourth-order valence-corrected chi connectivity index (χ4v) is 4.82. The van der Waals surface area contributed by atoms with Gasteiger partial charge < -0.3 is 20.5 Å². The van der Waals surface area contributed by atoms with E-state index in [0.717, 1.165) is 69.2 Å². The van der Waals surface area contributed by atoms with Crippen LogP contribution in [0.4, 0.5) is 29.2 Å². The highest BCUT2D eigenvalue weighted by atomic mass is 19.4. The van der Waals surface area contributed by atoms with Gasteiger partial charge in [-0.25, -0.2) is 19.3 Å². The number of benzene rings is 1. The van der Waals surface area contributed by atoms with E-state index in [1.165, 1.54) is 12.4 Å². The second-order valence-electron chi connectivity index (χ2n) is 8.79. The Balaban J connectivity index is 1.44. The summed E-state index contributed by atoms with van der Waals surface area (Å²) >= 11 is 0. The number of piperidine rings is 1. The number of aromatic nitrogens is 4. The standard InChI is InChI=1S/C23H25F4N7/c24-18-2-1-15(9-17(18)23(25,26)27)19-12-34(16-3-6-29-11-16)22(32-19)14-4-7-33(8-5-14)21-10-20(28)30-13-31-21/h1-2,9-10,12-14,16,29H,3-8,11H2,(H2,28,30,31). The molecule has 2 fully saturated rings. The van der Waals surface area contributed by atoms with Gasteiger partial charge in [-0.1, -0.05) is 0 Å². The van der Waals surface area contributed by atoms with Crippen LogP contribution in [-0.4, -0.2) is 45.7 Å². The molecular weight excluding hydrogens is 450 g/mol. The molecule has 7 nitrogen and oxygen atoms in total. The highest BCUT2D eigenvalue weighted by Gasteiger charge is 2.35. The molecule has 2 aromatic heterocycles. The largest absolute Gasteiger partial charge is 0.419 e. The van der Waals surface area contributed by atoms with Crippen LogP contribution in [-0.2, 0) is 6.18 Å². The van der Waals surface area contributed by atoms with E-state index < -0.39 is 17.6 Å². The Morgan fingerprint density at radius 2 is 1.85 bits per heavy atom. The summed E-state index contributed by atoms with van der Waals surface area (Å²) in [5, 5.41) is 3.34. The second-order valence-corrected chi connectivity index (χ2v) is 8.79. The first-order valence-electron chi connectivity index (χ1n) is 11.3. The van der Waals surface area contributed by atoms with Crippen molar-refractivity contribution >= 4 is 11.6 Å². The third-order valence-corrected chi connectivity index (χ3v) is 6.61. The lowest BCUT2D eigenvalue weighted by molar-refractivity contribution is -0.139. The molecule has 2 saturated heterocycles. The van der Waals surface area contributed by atoms with Gasteiger partial charge in [0.25, 0.3) is 0 Å². The molecule has 0 saturated carbocycles. The minimum atomic E-state index is -4.77. The van der Waals surface area contributed by atoms with Gasteiger partial charge in [0.1, 0.15) is 29.6 Å². The number of anilines is 2. The quantitative estimate of drug-likeness (QED) is 0.555. The van der Waals surface area contributed by atoms with Crippen LogP contribution >= 0.6 is 0 Å². The summed E-state index contributed by atoms with van der Waals surface area (Å²) in [6.45, 7) is 3.15. The molecule has 4 heterocycles. The van der Waals surface area contributed by atoms with E-state index >= 15 is 0 Å². The minimum Gasteiger partial charge on any atom is -0.384 e. The first-order chi connectivity index (χ1) is 16.3. The number of nitrogen functional groups attached to an aromatic ring is 1. The van der Waals surface area contributed by atoms with E-state index in [4.69, 9.17) is 10.7 Å². The van der Waals surface area contributed by atoms with Crippen molar-refractivity contribution in [2.75, 3.05) is 36.8 Å². The average Bonchev–Trinajstić information content (AvgIpc) is 3.49. The number of nitrogens with one attached hydrogen (secondary N) is 1. The maximum Gasteiger partial charge on any atom is 0.419 e. The number of nitrogens with two attached hydrogens (primary N) is 1. The van der Waals surface area contributed by atoms with E-state index in [9.17, 15) is 17.6 Å². The van der Waals surface area contributed by atoms with Gasteiger partial charge in [-0.15, -0.1) is 0 Å². The van der Waals surface area contributed by atoms with Crippen molar-refractivity contribution in [2.45, 2.75) is 37.4 Å². The fraction of sp³-hybridized carbons (Fsp3) is 0.435. The first kappa shape index (κ1) is 22.6. The Hall–Kier alpha value is -3.21. The van der Waals surface area contributed by atoms with Gasteiger partial charge in [0.2, 0.25) is 0 Å². The van der Waals surface area contributed by atoms with Gasteiger partial charge in [-0.2, -0.15) is 13.2 Å². The number of rotatable bonds is 4. The van der Waals surface area contributed by atoms with Crippen LogP contribution in [0.15, 0.2) is 36.8 Å². The van der Waals surface area contributed by atoms with Gasteiger partial charge in [-0.3, -0.25) is 0 Å². The fourth-order valence-electron chi connectivity index (χ4n) is 4.82. The molecule has 2 aliphatic heterocycles. The lowest BCUT2D eigenvalue weighted by Crippen LogP contribution is -2.34. The molecule has 0 amide bonds. The van der Waals surface area contributed by atoms with E-state index in [1.54, 1.807) is 6.07 Å². The number of halogens is 4. The molecule has 3 aromatic rings. The summed E-state index contributed by atoms with van der Waals surface area (Å²) in [5.74, 6) is 0.920. The van der Waals surface area contributed by atoms with Crippen LogP contribution < -0.4 is 16.0 Å². The predicted molar refractivity (Wildman–Crippen MR) is 120 cm³/mol. The molecule has 0 bridgehead atoms. The molecule has 180 valence electrons. The maximum absolute atomic E-state index is 13.8. The van der Waals surface area contributed by atoms with E-state index in [2.05, 4.69) is 24.8 Å². The molecule has 1 atom stereocenters. The van der Waals surface area contributed by atoms with Gasteiger partial charge in [0.05, 0.1) is 11.3 Å². The van der Waals surface area contributed by atoms with Crippen LogP contribution in [0.25, 0.3) is 11.3 Å². The minimum absolute atomic E-state index is 0.146. The van der Waals surface area contributed by atoms with Gasteiger partial charge in [-0.05, 0) is 44.0 Å². The number of hydrogen-bond donors (Lipinski definition) is 2. The van der Waals surface area contributed by atoms with Crippen LogP contribution in [0.3, 0.4) is 0 Å². The summed E-state index contributed by atoms with van der Waals surface area (Å²) in [7, 11) is 0. The third kappa shape index (κ3) is 4.44. The molecule has 34 heavy (non-hydrogen) atoms. The summed E-state index contributed by atoms with van der Waals surface area (Å²) in [4.78, 5) is 15.2. The lowest BCUT2D eigenvalue weighted by atomic mass is 9.95. The molecule has 0 spiro atoms. The van der Waals surface area contributed by atoms with Crippen molar-refractivity contribution < 1.29 is 17.6 Å². The van der Waals surface area contributed by atoms with Crippen molar-refractivity contribution in [3.05, 3.63) is 54.0 Å². The van der Waals surface area contributed by atoms with Gasteiger partial charge in [0, 0.05) is 49.4 Å². The zero-order valence-electron chi connectivity index (χ0n) is 18.4. The van der Waals surface area contributed by atoms with Crippen LogP contribution in [0.5, 0.6) is 0 Å². The van der Waals surface area contributed by atoms with Crippen molar-refractivity contribution in [3.8, 4) is 11.3 Å². The van der Waals surface area contributed by atoms with E-state index in [1.807, 2.05) is 6.20 Å². The third-order valence-electron chi connectivity index (χ3n) is 6.61. The highest BCUT2D eigenvalue weighted by Crippen LogP contribution is 2.37. The maximum atomic E-state index is 13.8. The molecule has 0 radical (unpaired) electrons. The van der Waals surface area contributed by atoms with Crippen LogP contribution in [0, 0.1) is 5.82 Å².